The lowest BCUT2D eigenvalue weighted by atomic mass is 10.0. The van der Waals surface area contributed by atoms with Crippen LogP contribution in [0.4, 0.5) is 0 Å². The Bertz CT molecular complexity index is 554. The van der Waals surface area contributed by atoms with Gasteiger partial charge in [0.25, 0.3) is 0 Å². The highest BCUT2D eigenvalue weighted by Crippen LogP contribution is 2.19. The number of aromatic hydroxyl groups is 1. The number of aryl methyl sites for hydroxylation is 2. The highest BCUT2D eigenvalue weighted by atomic mass is 16.3. The van der Waals surface area contributed by atoms with Crippen LogP contribution in [0.15, 0.2) is 42.5 Å². The van der Waals surface area contributed by atoms with Crippen LogP contribution in [0.5, 0.6) is 5.75 Å². The molecule has 0 aromatic heterocycles. The summed E-state index contributed by atoms with van der Waals surface area (Å²) in [6.45, 7) is 3.76. The molecule has 0 saturated heterocycles. The van der Waals surface area contributed by atoms with Crippen molar-refractivity contribution in [1.29, 1.82) is 0 Å². The molecule has 0 aliphatic rings. The quantitative estimate of drug-likeness (QED) is 0.798. The van der Waals surface area contributed by atoms with E-state index in [0.29, 0.717) is 16.7 Å². The molecule has 17 heavy (non-hydrogen) atoms. The zero-order chi connectivity index (χ0) is 12.4. The molecule has 0 bridgehead atoms. The van der Waals surface area contributed by atoms with Gasteiger partial charge in [0.2, 0.25) is 0 Å². The molecule has 0 radical (unpaired) electrons. The molecule has 1 N–H and O–H groups in total. The smallest absolute Gasteiger partial charge is 0.193 e. The molecular weight excluding hydrogens is 212 g/mol. The van der Waals surface area contributed by atoms with Crippen molar-refractivity contribution < 1.29 is 9.90 Å². The van der Waals surface area contributed by atoms with Gasteiger partial charge in [-0.1, -0.05) is 29.8 Å². The van der Waals surface area contributed by atoms with Crippen molar-refractivity contribution in [3.05, 3.63) is 64.7 Å². The summed E-state index contributed by atoms with van der Waals surface area (Å²) >= 11 is 0. The van der Waals surface area contributed by atoms with Crippen molar-refractivity contribution in [2.45, 2.75) is 13.8 Å². The summed E-state index contributed by atoms with van der Waals surface area (Å²) in [6.07, 6.45) is 0. The van der Waals surface area contributed by atoms with Gasteiger partial charge in [0.05, 0.1) is 0 Å². The molecule has 0 amide bonds. The summed E-state index contributed by atoms with van der Waals surface area (Å²) < 4.78 is 0. The lowest BCUT2D eigenvalue weighted by Gasteiger charge is -2.04. The Hall–Kier alpha value is -2.09. The van der Waals surface area contributed by atoms with E-state index in [4.69, 9.17) is 0 Å². The van der Waals surface area contributed by atoms with E-state index in [1.807, 2.05) is 31.2 Å². The Morgan fingerprint density at radius 1 is 0.941 bits per heavy atom. The van der Waals surface area contributed by atoms with Gasteiger partial charge in [-0.25, -0.2) is 0 Å². The molecule has 0 saturated carbocycles. The van der Waals surface area contributed by atoms with Gasteiger partial charge in [-0.15, -0.1) is 0 Å². The standard InChI is InChI=1S/C15H14O2/c1-10-3-5-12(6-4-10)15(17)13-7-8-14(16)11(2)9-13/h3-9,16H,1-2H3. The Labute approximate surface area is 101 Å². The van der Waals surface area contributed by atoms with Gasteiger partial charge in [0.15, 0.2) is 5.78 Å². The minimum Gasteiger partial charge on any atom is -0.508 e. The van der Waals surface area contributed by atoms with Gasteiger partial charge >= 0.3 is 0 Å². The molecule has 0 atom stereocenters. The summed E-state index contributed by atoms with van der Waals surface area (Å²) in [6, 6.07) is 12.4. The first-order valence-corrected chi connectivity index (χ1v) is 5.49. The van der Waals surface area contributed by atoms with Crippen LogP contribution in [0.1, 0.15) is 27.0 Å². The fraction of sp³-hybridized carbons (Fsp3) is 0.133. The minimum absolute atomic E-state index is 0.0203. The van der Waals surface area contributed by atoms with Crippen LogP contribution in [0.2, 0.25) is 0 Å². The largest absolute Gasteiger partial charge is 0.508 e. The van der Waals surface area contributed by atoms with E-state index in [0.717, 1.165) is 5.56 Å². The summed E-state index contributed by atoms with van der Waals surface area (Å²) in [5.41, 5.74) is 3.11. The maximum atomic E-state index is 12.1. The van der Waals surface area contributed by atoms with Gasteiger partial charge in [0, 0.05) is 11.1 Å². The fourth-order valence-electron chi connectivity index (χ4n) is 1.67. The Morgan fingerprint density at radius 3 is 2.12 bits per heavy atom. The van der Waals surface area contributed by atoms with E-state index in [-0.39, 0.29) is 11.5 Å². The average molecular weight is 226 g/mol. The van der Waals surface area contributed by atoms with Crippen LogP contribution in [-0.4, -0.2) is 10.9 Å². The third-order valence-electron chi connectivity index (χ3n) is 2.77. The molecule has 2 heteroatoms. The molecule has 86 valence electrons. The second-order valence-corrected chi connectivity index (χ2v) is 4.20. The molecule has 0 aliphatic carbocycles. The summed E-state index contributed by atoms with van der Waals surface area (Å²) in [5, 5.41) is 9.42. The van der Waals surface area contributed by atoms with Crippen molar-refractivity contribution in [2.75, 3.05) is 0 Å². The predicted octanol–water partition coefficient (Wildman–Crippen LogP) is 3.24. The zero-order valence-electron chi connectivity index (χ0n) is 9.90. The first kappa shape index (κ1) is 11.4. The van der Waals surface area contributed by atoms with E-state index < -0.39 is 0 Å². The molecule has 2 aromatic rings. The molecule has 2 nitrogen and oxygen atoms in total. The monoisotopic (exact) mass is 226 g/mol. The molecule has 0 aliphatic heterocycles. The van der Waals surface area contributed by atoms with Crippen LogP contribution < -0.4 is 0 Å². The number of carbonyl (C=O) groups is 1. The third kappa shape index (κ3) is 2.36. The van der Waals surface area contributed by atoms with E-state index >= 15 is 0 Å². The minimum atomic E-state index is -0.0203. The van der Waals surface area contributed by atoms with Gasteiger partial charge in [-0.3, -0.25) is 4.79 Å². The molecule has 2 rings (SSSR count). The van der Waals surface area contributed by atoms with Crippen molar-refractivity contribution in [2.24, 2.45) is 0 Å². The lowest BCUT2D eigenvalue weighted by molar-refractivity contribution is 0.103. The van der Waals surface area contributed by atoms with Crippen LogP contribution in [0, 0.1) is 13.8 Å². The van der Waals surface area contributed by atoms with E-state index in [2.05, 4.69) is 0 Å². The van der Waals surface area contributed by atoms with Crippen molar-refractivity contribution in [3.63, 3.8) is 0 Å². The predicted molar refractivity (Wildman–Crippen MR) is 67.5 cm³/mol. The first-order chi connectivity index (χ1) is 8.08. The van der Waals surface area contributed by atoms with Crippen molar-refractivity contribution in [3.8, 4) is 5.75 Å². The van der Waals surface area contributed by atoms with Crippen LogP contribution in [0.25, 0.3) is 0 Å². The van der Waals surface area contributed by atoms with Gasteiger partial charge < -0.3 is 5.11 Å². The van der Waals surface area contributed by atoms with Crippen LogP contribution in [-0.2, 0) is 0 Å². The van der Waals surface area contributed by atoms with E-state index in [1.54, 1.807) is 25.1 Å². The fourth-order valence-corrected chi connectivity index (χ4v) is 1.67. The molecular formula is C15H14O2. The van der Waals surface area contributed by atoms with Crippen LogP contribution >= 0.6 is 0 Å². The van der Waals surface area contributed by atoms with Gasteiger partial charge in [-0.05, 0) is 37.6 Å². The summed E-state index contributed by atoms with van der Waals surface area (Å²) in [7, 11) is 0. The Morgan fingerprint density at radius 2 is 1.53 bits per heavy atom. The number of benzene rings is 2. The van der Waals surface area contributed by atoms with Gasteiger partial charge in [-0.2, -0.15) is 0 Å². The summed E-state index contributed by atoms with van der Waals surface area (Å²) in [5.74, 6) is 0.193. The van der Waals surface area contributed by atoms with Crippen molar-refractivity contribution in [1.82, 2.24) is 0 Å². The molecule has 0 heterocycles. The topological polar surface area (TPSA) is 37.3 Å². The maximum absolute atomic E-state index is 12.1. The van der Waals surface area contributed by atoms with E-state index in [9.17, 15) is 9.90 Å². The number of rotatable bonds is 2. The number of hydrogen-bond acceptors (Lipinski definition) is 2. The highest BCUT2D eigenvalue weighted by molar-refractivity contribution is 6.09. The second-order valence-electron chi connectivity index (χ2n) is 4.20. The number of ketones is 1. The SMILES string of the molecule is Cc1ccc(C(=O)c2ccc(O)c(C)c2)cc1. The summed E-state index contributed by atoms with van der Waals surface area (Å²) in [4.78, 5) is 12.1. The Kier molecular flexibility index (Phi) is 2.96. The Balaban J connectivity index is 2.37. The van der Waals surface area contributed by atoms with E-state index in [1.165, 1.54) is 0 Å². The lowest BCUT2D eigenvalue weighted by Crippen LogP contribution is -2.01. The normalized spacial score (nSPS) is 10.2. The first-order valence-electron chi connectivity index (χ1n) is 5.49. The molecule has 2 aromatic carbocycles. The number of carbonyl (C=O) groups excluding carboxylic acids is 1. The number of phenolic OH excluding ortho intramolecular Hbond substituents is 1. The maximum Gasteiger partial charge on any atom is 0.193 e. The molecule has 0 unspecified atom stereocenters. The number of hydrogen-bond donors (Lipinski definition) is 1. The highest BCUT2D eigenvalue weighted by Gasteiger charge is 2.09. The second kappa shape index (κ2) is 4.42. The van der Waals surface area contributed by atoms with Crippen molar-refractivity contribution >= 4 is 5.78 Å². The van der Waals surface area contributed by atoms with Crippen LogP contribution in [0.3, 0.4) is 0 Å². The zero-order valence-corrected chi connectivity index (χ0v) is 9.90. The third-order valence-corrected chi connectivity index (χ3v) is 2.77. The van der Waals surface area contributed by atoms with Gasteiger partial charge in [0.1, 0.15) is 5.75 Å². The number of phenols is 1. The molecule has 0 fully saturated rings. The molecule has 0 spiro atoms. The average Bonchev–Trinajstić information content (AvgIpc) is 2.33.